The van der Waals surface area contributed by atoms with E-state index in [4.69, 9.17) is 0 Å². The van der Waals surface area contributed by atoms with Crippen LogP contribution in [0.1, 0.15) is 46.5 Å². The zero-order valence-corrected chi connectivity index (χ0v) is 8.06. The van der Waals surface area contributed by atoms with Gasteiger partial charge in [0.15, 0.2) is 0 Å². The van der Waals surface area contributed by atoms with Gasteiger partial charge in [-0.2, -0.15) is 0 Å². The van der Waals surface area contributed by atoms with Gasteiger partial charge in [0, 0.05) is 0 Å². The van der Waals surface area contributed by atoms with Crippen molar-refractivity contribution in [2.45, 2.75) is 46.5 Å². The van der Waals surface area contributed by atoms with Crippen molar-refractivity contribution in [1.29, 1.82) is 0 Å². The highest BCUT2D eigenvalue weighted by atomic mass is 14.6. The lowest BCUT2D eigenvalue weighted by atomic mass is 9.45. The van der Waals surface area contributed by atoms with E-state index in [0.717, 1.165) is 17.8 Å². The molecule has 11 heavy (non-hydrogen) atoms. The standard InChI is InChI=1S/C11H20/c1-4-8-5-6-9-7-10(8)11(9,2)3/h8-10H,4-7H2,1-3H3/t8-,9-,10-/m0/s1. The van der Waals surface area contributed by atoms with Gasteiger partial charge in [-0.3, -0.25) is 0 Å². The molecular weight excluding hydrogens is 132 g/mol. The Balaban J connectivity index is 2.10. The first-order valence-electron chi connectivity index (χ1n) is 5.16. The molecule has 3 fully saturated rings. The maximum Gasteiger partial charge on any atom is -0.0295 e. The molecule has 0 aromatic rings. The number of rotatable bonds is 1. The SMILES string of the molecule is CC[C@H]1CC[C@H]2C[C@@H]1C2(C)C. The smallest absolute Gasteiger partial charge is 0.0295 e. The molecule has 0 aliphatic heterocycles. The highest BCUT2D eigenvalue weighted by molar-refractivity contribution is 5.02. The van der Waals surface area contributed by atoms with Gasteiger partial charge in [0.1, 0.15) is 0 Å². The summed E-state index contributed by atoms with van der Waals surface area (Å²) in [6.45, 7) is 7.32. The second-order valence-electron chi connectivity index (χ2n) is 5.11. The molecule has 0 unspecified atom stereocenters. The van der Waals surface area contributed by atoms with Crippen molar-refractivity contribution in [3.05, 3.63) is 0 Å². The van der Waals surface area contributed by atoms with Crippen LogP contribution in [0.15, 0.2) is 0 Å². The van der Waals surface area contributed by atoms with E-state index in [2.05, 4.69) is 20.8 Å². The van der Waals surface area contributed by atoms with Crippen LogP contribution >= 0.6 is 0 Å². The van der Waals surface area contributed by atoms with Gasteiger partial charge in [0.05, 0.1) is 0 Å². The van der Waals surface area contributed by atoms with Crippen molar-refractivity contribution in [2.24, 2.45) is 23.2 Å². The van der Waals surface area contributed by atoms with E-state index in [0.29, 0.717) is 5.41 Å². The molecule has 3 aliphatic carbocycles. The first kappa shape index (κ1) is 7.64. The van der Waals surface area contributed by atoms with Crippen LogP contribution in [0, 0.1) is 23.2 Å². The average Bonchev–Trinajstić information content (AvgIpc) is 2.04. The fourth-order valence-electron chi connectivity index (χ4n) is 3.45. The fraction of sp³-hybridized carbons (Fsp3) is 1.00. The van der Waals surface area contributed by atoms with E-state index >= 15 is 0 Å². The van der Waals surface area contributed by atoms with Gasteiger partial charge in [0.2, 0.25) is 0 Å². The predicted molar refractivity (Wildman–Crippen MR) is 48.4 cm³/mol. The molecule has 0 aromatic carbocycles. The van der Waals surface area contributed by atoms with E-state index in [1.165, 1.54) is 19.3 Å². The van der Waals surface area contributed by atoms with E-state index in [9.17, 15) is 0 Å². The summed E-state index contributed by atoms with van der Waals surface area (Å²) in [5.74, 6) is 3.22. The summed E-state index contributed by atoms with van der Waals surface area (Å²) < 4.78 is 0. The van der Waals surface area contributed by atoms with Crippen molar-refractivity contribution in [2.75, 3.05) is 0 Å². The first-order valence-corrected chi connectivity index (χ1v) is 5.16. The third-order valence-corrected chi connectivity index (χ3v) is 4.53. The summed E-state index contributed by atoms with van der Waals surface area (Å²) >= 11 is 0. The second-order valence-corrected chi connectivity index (χ2v) is 5.11. The zero-order valence-electron chi connectivity index (χ0n) is 8.06. The Labute approximate surface area is 70.4 Å². The van der Waals surface area contributed by atoms with Crippen LogP contribution in [0.2, 0.25) is 0 Å². The maximum atomic E-state index is 2.48. The summed E-state index contributed by atoms with van der Waals surface area (Å²) in [5, 5.41) is 0. The second kappa shape index (κ2) is 2.24. The molecule has 0 N–H and O–H groups in total. The molecule has 0 heterocycles. The van der Waals surface area contributed by atoms with Crippen molar-refractivity contribution in [3.63, 3.8) is 0 Å². The average molecular weight is 152 g/mol. The summed E-state index contributed by atoms with van der Waals surface area (Å²) in [6.07, 6.45) is 6.00. The van der Waals surface area contributed by atoms with Crippen LogP contribution in [-0.4, -0.2) is 0 Å². The Bertz CT molecular complexity index is 155. The van der Waals surface area contributed by atoms with Gasteiger partial charge >= 0.3 is 0 Å². The molecule has 0 aromatic heterocycles. The highest BCUT2D eigenvalue weighted by Gasteiger charge is 2.53. The van der Waals surface area contributed by atoms with E-state index in [1.807, 2.05) is 0 Å². The Morgan fingerprint density at radius 1 is 1.27 bits per heavy atom. The van der Waals surface area contributed by atoms with Crippen LogP contribution in [0.4, 0.5) is 0 Å². The maximum absolute atomic E-state index is 2.48. The van der Waals surface area contributed by atoms with Crippen LogP contribution in [0.25, 0.3) is 0 Å². The quantitative estimate of drug-likeness (QED) is 0.539. The minimum atomic E-state index is 0.707. The summed E-state index contributed by atoms with van der Waals surface area (Å²) in [5.41, 5.74) is 0.707. The largest absolute Gasteiger partial charge is 0.0651 e. The van der Waals surface area contributed by atoms with Crippen molar-refractivity contribution in [1.82, 2.24) is 0 Å². The summed E-state index contributed by atoms with van der Waals surface area (Å²) in [4.78, 5) is 0. The number of hydrogen-bond donors (Lipinski definition) is 0. The van der Waals surface area contributed by atoms with Crippen LogP contribution < -0.4 is 0 Å². The molecule has 0 nitrogen and oxygen atoms in total. The first-order chi connectivity index (χ1) is 5.16. The topological polar surface area (TPSA) is 0 Å². The van der Waals surface area contributed by atoms with Gasteiger partial charge in [-0.1, -0.05) is 27.2 Å². The molecule has 3 saturated carbocycles. The Morgan fingerprint density at radius 3 is 2.36 bits per heavy atom. The molecular formula is C11H20. The molecule has 2 bridgehead atoms. The lowest BCUT2D eigenvalue weighted by Gasteiger charge is -2.60. The molecule has 0 radical (unpaired) electrons. The molecule has 3 atom stereocenters. The third-order valence-electron chi connectivity index (χ3n) is 4.53. The van der Waals surface area contributed by atoms with Crippen molar-refractivity contribution >= 4 is 0 Å². The molecule has 3 aliphatic rings. The van der Waals surface area contributed by atoms with E-state index < -0.39 is 0 Å². The van der Waals surface area contributed by atoms with Crippen molar-refractivity contribution in [3.8, 4) is 0 Å². The van der Waals surface area contributed by atoms with E-state index in [1.54, 1.807) is 6.42 Å². The molecule has 0 amide bonds. The predicted octanol–water partition coefficient (Wildman–Crippen LogP) is 3.47. The van der Waals surface area contributed by atoms with Crippen LogP contribution in [0.3, 0.4) is 0 Å². The van der Waals surface area contributed by atoms with Crippen molar-refractivity contribution < 1.29 is 0 Å². The van der Waals surface area contributed by atoms with Crippen LogP contribution in [0.5, 0.6) is 0 Å². The van der Waals surface area contributed by atoms with E-state index in [-0.39, 0.29) is 0 Å². The molecule has 0 saturated heterocycles. The minimum absolute atomic E-state index is 0.707. The molecule has 64 valence electrons. The minimum Gasteiger partial charge on any atom is -0.0651 e. The van der Waals surface area contributed by atoms with Gasteiger partial charge in [-0.25, -0.2) is 0 Å². The number of fused-ring (bicyclic) bond motifs is 2. The summed E-state index contributed by atoms with van der Waals surface area (Å²) in [7, 11) is 0. The monoisotopic (exact) mass is 152 g/mol. The normalized spacial score (nSPS) is 46.6. The van der Waals surface area contributed by atoms with Gasteiger partial charge in [-0.05, 0) is 42.4 Å². The highest BCUT2D eigenvalue weighted by Crippen LogP contribution is 2.61. The van der Waals surface area contributed by atoms with Gasteiger partial charge in [0.25, 0.3) is 0 Å². The van der Waals surface area contributed by atoms with Gasteiger partial charge in [-0.15, -0.1) is 0 Å². The summed E-state index contributed by atoms with van der Waals surface area (Å²) in [6, 6.07) is 0. The molecule has 0 heteroatoms. The van der Waals surface area contributed by atoms with Crippen LogP contribution in [-0.2, 0) is 0 Å². The number of hydrogen-bond acceptors (Lipinski definition) is 0. The lowest BCUT2D eigenvalue weighted by Crippen LogP contribution is -2.52. The fourth-order valence-corrected chi connectivity index (χ4v) is 3.45. The third kappa shape index (κ3) is 0.878. The zero-order chi connectivity index (χ0) is 8.06. The lowest BCUT2D eigenvalue weighted by molar-refractivity contribution is -0.105. The Morgan fingerprint density at radius 2 is 2.00 bits per heavy atom. The molecule has 3 rings (SSSR count). The van der Waals surface area contributed by atoms with Gasteiger partial charge < -0.3 is 0 Å². The Hall–Kier alpha value is 0. The molecule has 0 spiro atoms. The Kier molecular flexibility index (Phi) is 1.56.